The molecule has 0 radical (unpaired) electrons. The second-order valence-electron chi connectivity index (χ2n) is 2.28. The predicted octanol–water partition coefficient (Wildman–Crippen LogP) is -0.0249. The lowest BCUT2D eigenvalue weighted by Crippen LogP contribution is -2.14. The lowest BCUT2D eigenvalue weighted by molar-refractivity contribution is -0.114. The predicted molar refractivity (Wildman–Crippen MR) is 44.8 cm³/mol. The van der Waals surface area contributed by atoms with Gasteiger partial charge in [-0.2, -0.15) is 8.42 Å². The minimum absolute atomic E-state index is 0.0140. The third kappa shape index (κ3) is 6.12. The fourth-order valence-corrected chi connectivity index (χ4v) is 0.866. The zero-order valence-corrected chi connectivity index (χ0v) is 7.87. The van der Waals surface area contributed by atoms with E-state index in [-0.39, 0.29) is 5.57 Å². The highest BCUT2D eigenvalue weighted by atomic mass is 32.3. The highest BCUT2D eigenvalue weighted by molar-refractivity contribution is 7.81. The highest BCUT2D eigenvalue weighted by Crippen LogP contribution is 2.05. The van der Waals surface area contributed by atoms with Crippen LogP contribution in [0.25, 0.3) is 0 Å². The van der Waals surface area contributed by atoms with E-state index in [1.165, 1.54) is 0 Å². The Balaban J connectivity index is 4.46. The minimum atomic E-state index is -4.56. The summed E-state index contributed by atoms with van der Waals surface area (Å²) < 4.78 is 32.2. The molecule has 0 aromatic carbocycles. The summed E-state index contributed by atoms with van der Waals surface area (Å²) in [5, 5.41) is 0. The van der Waals surface area contributed by atoms with Gasteiger partial charge in [0.1, 0.15) is 6.26 Å². The van der Waals surface area contributed by atoms with E-state index < -0.39 is 16.3 Å². The second-order valence-corrected chi connectivity index (χ2v) is 3.33. The van der Waals surface area contributed by atoms with Crippen LogP contribution in [-0.2, 0) is 19.4 Å². The van der Waals surface area contributed by atoms with Crippen molar-refractivity contribution >= 4 is 16.3 Å². The Morgan fingerprint density at radius 2 is 2.15 bits per heavy atom. The van der Waals surface area contributed by atoms with Gasteiger partial charge in [-0.1, -0.05) is 13.3 Å². The summed E-state index contributed by atoms with van der Waals surface area (Å²) in [6.07, 6.45) is 1.55. The van der Waals surface area contributed by atoms with Crippen LogP contribution in [0.4, 0.5) is 0 Å². The van der Waals surface area contributed by atoms with Crippen LogP contribution in [0.2, 0.25) is 0 Å². The molecule has 0 aliphatic heterocycles. The zero-order chi connectivity index (χ0) is 10.5. The van der Waals surface area contributed by atoms with Crippen LogP contribution in [0.5, 0.6) is 0 Å². The molecule has 0 spiro atoms. The largest absolute Gasteiger partial charge is 0.445 e. The fraction of sp³-hybridized carbons (Fsp3) is 0.500. The topological polar surface area (TPSA) is 107 Å². The van der Waals surface area contributed by atoms with E-state index in [1.54, 1.807) is 6.92 Å². The van der Waals surface area contributed by atoms with E-state index in [9.17, 15) is 13.2 Å². The first-order chi connectivity index (χ1) is 5.87. The molecule has 1 amide bonds. The molecule has 7 heteroatoms. The molecule has 0 saturated carbocycles. The van der Waals surface area contributed by atoms with Crippen LogP contribution in [0, 0.1) is 0 Å². The van der Waals surface area contributed by atoms with Gasteiger partial charge in [0.2, 0.25) is 5.91 Å². The van der Waals surface area contributed by atoms with Crippen LogP contribution >= 0.6 is 0 Å². The maximum absolute atomic E-state index is 10.6. The molecular weight excluding hydrogens is 198 g/mol. The standard InChI is InChI=1S/C6H11NO5S/c1-2-3-5(6(7)8)4-12-13(9,10)11/h4H,2-3H2,1H3,(H2,7,8)(H,9,10,11). The second kappa shape index (κ2) is 4.83. The summed E-state index contributed by atoms with van der Waals surface area (Å²) in [6, 6.07) is 0. The first kappa shape index (κ1) is 11.9. The summed E-state index contributed by atoms with van der Waals surface area (Å²) >= 11 is 0. The number of carbonyl (C=O) groups excluding carboxylic acids is 1. The van der Waals surface area contributed by atoms with Crippen molar-refractivity contribution in [3.8, 4) is 0 Å². The van der Waals surface area contributed by atoms with Crippen LogP contribution in [-0.4, -0.2) is 18.9 Å². The van der Waals surface area contributed by atoms with Crippen molar-refractivity contribution in [2.75, 3.05) is 0 Å². The molecule has 0 saturated heterocycles. The SMILES string of the molecule is CCCC(=COS(=O)(=O)O)C(N)=O. The molecule has 0 bridgehead atoms. The van der Waals surface area contributed by atoms with Crippen LogP contribution in [0.1, 0.15) is 19.8 Å². The van der Waals surface area contributed by atoms with Crippen molar-refractivity contribution < 1.29 is 21.9 Å². The van der Waals surface area contributed by atoms with Gasteiger partial charge in [-0.3, -0.25) is 9.35 Å². The molecule has 13 heavy (non-hydrogen) atoms. The average Bonchev–Trinajstić information content (AvgIpc) is 1.95. The quantitative estimate of drug-likeness (QED) is 0.376. The van der Waals surface area contributed by atoms with Gasteiger partial charge in [0, 0.05) is 0 Å². The molecule has 0 aromatic rings. The summed E-state index contributed by atoms with van der Waals surface area (Å²) in [5.74, 6) is -0.773. The number of amides is 1. The third-order valence-electron chi connectivity index (χ3n) is 1.15. The molecule has 0 aliphatic carbocycles. The Labute approximate surface area is 76.3 Å². The first-order valence-electron chi connectivity index (χ1n) is 3.51. The van der Waals surface area contributed by atoms with E-state index >= 15 is 0 Å². The lowest BCUT2D eigenvalue weighted by atomic mass is 10.2. The van der Waals surface area contributed by atoms with E-state index in [1.807, 2.05) is 0 Å². The van der Waals surface area contributed by atoms with Gasteiger partial charge in [0.15, 0.2) is 0 Å². The fourth-order valence-electron chi connectivity index (χ4n) is 0.628. The maximum Gasteiger partial charge on any atom is 0.445 e. The van der Waals surface area contributed by atoms with Crippen LogP contribution in [0.15, 0.2) is 11.8 Å². The summed E-state index contributed by atoms with van der Waals surface area (Å²) in [6.45, 7) is 1.78. The molecular formula is C6H11NO5S. The van der Waals surface area contributed by atoms with E-state index in [0.29, 0.717) is 19.1 Å². The third-order valence-corrected chi connectivity index (χ3v) is 1.49. The Morgan fingerprint density at radius 3 is 2.46 bits per heavy atom. The van der Waals surface area contributed by atoms with Gasteiger partial charge in [-0.05, 0) is 6.42 Å². The Hall–Kier alpha value is -1.08. The summed E-state index contributed by atoms with van der Waals surface area (Å²) in [4.78, 5) is 10.6. The molecule has 76 valence electrons. The summed E-state index contributed by atoms with van der Waals surface area (Å²) in [7, 11) is -4.56. The Kier molecular flexibility index (Phi) is 4.43. The van der Waals surface area contributed by atoms with Crippen molar-refractivity contribution in [1.29, 1.82) is 0 Å². The van der Waals surface area contributed by atoms with Crippen molar-refractivity contribution in [1.82, 2.24) is 0 Å². The van der Waals surface area contributed by atoms with Gasteiger partial charge in [-0.25, -0.2) is 0 Å². The van der Waals surface area contributed by atoms with Gasteiger partial charge < -0.3 is 9.92 Å². The maximum atomic E-state index is 10.6. The Morgan fingerprint density at radius 1 is 1.62 bits per heavy atom. The molecule has 3 N–H and O–H groups in total. The van der Waals surface area contributed by atoms with Crippen LogP contribution < -0.4 is 5.73 Å². The number of primary amides is 1. The van der Waals surface area contributed by atoms with Crippen molar-refractivity contribution in [3.05, 3.63) is 11.8 Å². The van der Waals surface area contributed by atoms with Crippen molar-refractivity contribution in [3.63, 3.8) is 0 Å². The molecule has 0 aliphatic rings. The summed E-state index contributed by atoms with van der Waals surface area (Å²) in [5.41, 5.74) is 4.90. The van der Waals surface area contributed by atoms with Crippen molar-refractivity contribution in [2.24, 2.45) is 5.73 Å². The lowest BCUT2D eigenvalue weighted by Gasteiger charge is -1.99. The zero-order valence-electron chi connectivity index (χ0n) is 7.06. The number of carbonyl (C=O) groups is 1. The first-order valence-corrected chi connectivity index (χ1v) is 4.88. The number of hydrogen-bond acceptors (Lipinski definition) is 4. The number of hydrogen-bond donors (Lipinski definition) is 2. The molecule has 6 nitrogen and oxygen atoms in total. The molecule has 0 unspecified atom stereocenters. The molecule has 0 rings (SSSR count). The van der Waals surface area contributed by atoms with E-state index in [4.69, 9.17) is 10.3 Å². The molecule has 0 aromatic heterocycles. The minimum Gasteiger partial charge on any atom is -0.369 e. The average molecular weight is 209 g/mol. The number of rotatable bonds is 5. The normalized spacial score (nSPS) is 12.6. The number of nitrogens with two attached hydrogens (primary N) is 1. The van der Waals surface area contributed by atoms with E-state index in [2.05, 4.69) is 4.18 Å². The monoisotopic (exact) mass is 209 g/mol. The van der Waals surface area contributed by atoms with Crippen LogP contribution in [0.3, 0.4) is 0 Å². The Bertz CT molecular complexity index is 305. The van der Waals surface area contributed by atoms with Gasteiger partial charge >= 0.3 is 10.4 Å². The molecule has 0 fully saturated rings. The smallest absolute Gasteiger partial charge is 0.369 e. The molecule has 0 atom stereocenters. The van der Waals surface area contributed by atoms with Crippen molar-refractivity contribution in [2.45, 2.75) is 19.8 Å². The highest BCUT2D eigenvalue weighted by Gasteiger charge is 2.07. The van der Waals surface area contributed by atoms with Gasteiger partial charge in [0.05, 0.1) is 5.57 Å². The van der Waals surface area contributed by atoms with Gasteiger partial charge in [0.25, 0.3) is 0 Å². The van der Waals surface area contributed by atoms with E-state index in [0.717, 1.165) is 0 Å². The molecule has 0 heterocycles. The van der Waals surface area contributed by atoms with Gasteiger partial charge in [-0.15, -0.1) is 0 Å².